The molecule has 1 aliphatic heterocycles. The van der Waals surface area contributed by atoms with E-state index in [1.54, 1.807) is 0 Å². The van der Waals surface area contributed by atoms with Crippen molar-refractivity contribution in [2.24, 2.45) is 0 Å². The molecular weight excluding hydrogens is 308 g/mol. The molecule has 1 aromatic carbocycles. The van der Waals surface area contributed by atoms with Crippen molar-refractivity contribution in [3.05, 3.63) is 23.8 Å². The number of nitrogens with one attached hydrogen (secondary N) is 1. The fourth-order valence-corrected chi connectivity index (χ4v) is 3.94. The molecule has 0 aliphatic carbocycles. The largest absolute Gasteiger partial charge is 0.496 e. The molecule has 8 heteroatoms. The first-order valence-electron chi connectivity index (χ1n) is 6.90. The third-order valence-electron chi connectivity index (χ3n) is 3.55. The number of carbonyl (C=O) groups is 1. The van der Waals surface area contributed by atoms with Gasteiger partial charge in [-0.3, -0.25) is 0 Å². The predicted molar refractivity (Wildman–Crippen MR) is 80.6 cm³/mol. The van der Waals surface area contributed by atoms with Crippen LogP contribution in [0.5, 0.6) is 5.75 Å². The second-order valence-corrected chi connectivity index (χ2v) is 7.01. The van der Waals surface area contributed by atoms with E-state index >= 15 is 0 Å². The average Bonchev–Trinajstić information content (AvgIpc) is 2.53. The Bertz CT molecular complexity index is 659. The summed E-state index contributed by atoms with van der Waals surface area (Å²) in [4.78, 5) is 11.8. The lowest BCUT2D eigenvalue weighted by molar-refractivity contribution is 0.0596. The zero-order chi connectivity index (χ0) is 16.3. The predicted octanol–water partition coefficient (Wildman–Crippen LogP) is 0.464. The summed E-state index contributed by atoms with van der Waals surface area (Å²) < 4.78 is 36.6. The van der Waals surface area contributed by atoms with Gasteiger partial charge >= 0.3 is 5.97 Å². The van der Waals surface area contributed by atoms with Crippen LogP contribution in [0.1, 0.15) is 17.3 Å². The van der Waals surface area contributed by atoms with Crippen molar-refractivity contribution in [3.63, 3.8) is 0 Å². The van der Waals surface area contributed by atoms with E-state index in [1.165, 1.54) is 36.7 Å². The van der Waals surface area contributed by atoms with Crippen LogP contribution in [0.15, 0.2) is 23.1 Å². The van der Waals surface area contributed by atoms with Crippen molar-refractivity contribution in [2.45, 2.75) is 17.9 Å². The van der Waals surface area contributed by atoms with E-state index in [9.17, 15) is 13.2 Å². The Morgan fingerprint density at radius 1 is 1.36 bits per heavy atom. The fraction of sp³-hybridized carbons (Fsp3) is 0.500. The van der Waals surface area contributed by atoms with E-state index in [2.05, 4.69) is 10.1 Å². The molecule has 1 atom stereocenters. The van der Waals surface area contributed by atoms with Gasteiger partial charge in [-0.2, -0.15) is 4.31 Å². The Morgan fingerprint density at radius 3 is 2.68 bits per heavy atom. The van der Waals surface area contributed by atoms with Crippen LogP contribution >= 0.6 is 0 Å². The smallest absolute Gasteiger partial charge is 0.341 e. The fourth-order valence-electron chi connectivity index (χ4n) is 2.38. The Balaban J connectivity index is 2.41. The number of methoxy groups -OCH3 is 2. The summed E-state index contributed by atoms with van der Waals surface area (Å²) in [6, 6.07) is 4.28. The van der Waals surface area contributed by atoms with Gasteiger partial charge in [0.25, 0.3) is 0 Å². The van der Waals surface area contributed by atoms with Gasteiger partial charge < -0.3 is 14.8 Å². The maximum Gasteiger partial charge on any atom is 0.341 e. The number of ether oxygens (including phenoxy) is 2. The summed E-state index contributed by atoms with van der Waals surface area (Å²) in [6.45, 7) is 3.31. The van der Waals surface area contributed by atoms with Gasteiger partial charge in [-0.05, 0) is 25.1 Å². The SMILES string of the molecule is COC(=O)c1cc(S(=O)(=O)N2CCNC(C)C2)ccc1OC. The topological polar surface area (TPSA) is 84.9 Å². The number of esters is 1. The molecule has 0 spiro atoms. The zero-order valence-electron chi connectivity index (χ0n) is 12.8. The van der Waals surface area contributed by atoms with Crippen molar-refractivity contribution >= 4 is 16.0 Å². The molecule has 1 fully saturated rings. The minimum atomic E-state index is -3.65. The maximum absolute atomic E-state index is 12.7. The summed E-state index contributed by atoms with van der Waals surface area (Å²) >= 11 is 0. The Labute approximate surface area is 130 Å². The van der Waals surface area contributed by atoms with Gasteiger partial charge in [0.05, 0.1) is 19.1 Å². The lowest BCUT2D eigenvalue weighted by atomic mass is 10.2. The van der Waals surface area contributed by atoms with Crippen LogP contribution in [0, 0.1) is 0 Å². The first-order chi connectivity index (χ1) is 10.4. The van der Waals surface area contributed by atoms with E-state index in [1.807, 2.05) is 6.92 Å². The zero-order valence-corrected chi connectivity index (χ0v) is 13.6. The molecular formula is C14H20N2O5S. The molecule has 0 aromatic heterocycles. The number of rotatable bonds is 4. The second kappa shape index (κ2) is 6.64. The minimum absolute atomic E-state index is 0.0581. The summed E-state index contributed by atoms with van der Waals surface area (Å²) in [5, 5.41) is 3.19. The summed E-state index contributed by atoms with van der Waals surface area (Å²) in [7, 11) is -1.01. The van der Waals surface area contributed by atoms with Crippen molar-refractivity contribution in [1.82, 2.24) is 9.62 Å². The molecule has 7 nitrogen and oxygen atoms in total. The van der Waals surface area contributed by atoms with E-state index < -0.39 is 16.0 Å². The molecule has 122 valence electrons. The molecule has 1 aromatic rings. The summed E-state index contributed by atoms with van der Waals surface area (Å²) in [6.07, 6.45) is 0. The van der Waals surface area contributed by atoms with E-state index in [0.717, 1.165) is 0 Å². The van der Waals surface area contributed by atoms with Gasteiger partial charge in [0.2, 0.25) is 10.0 Å². The second-order valence-electron chi connectivity index (χ2n) is 5.07. The normalized spacial score (nSPS) is 19.7. The van der Waals surface area contributed by atoms with Crippen LogP contribution in [-0.4, -0.2) is 58.6 Å². The van der Waals surface area contributed by atoms with Gasteiger partial charge in [0.1, 0.15) is 11.3 Å². The molecule has 1 aliphatic rings. The summed E-state index contributed by atoms with van der Waals surface area (Å²) in [5.41, 5.74) is 0.0919. The Morgan fingerprint density at radius 2 is 2.09 bits per heavy atom. The van der Waals surface area contributed by atoms with Crippen LogP contribution in [0.25, 0.3) is 0 Å². The third kappa shape index (κ3) is 3.23. The number of hydrogen-bond donors (Lipinski definition) is 1. The molecule has 0 bridgehead atoms. The van der Waals surface area contributed by atoms with Crippen molar-refractivity contribution in [3.8, 4) is 5.75 Å². The standard InChI is InChI=1S/C14H20N2O5S/c1-10-9-16(7-6-15-10)22(18,19)11-4-5-13(20-2)12(8-11)14(17)21-3/h4-5,8,10,15H,6-7,9H2,1-3H3. The number of sulfonamides is 1. The van der Waals surface area contributed by atoms with Crippen molar-refractivity contribution < 1.29 is 22.7 Å². The molecule has 0 radical (unpaired) electrons. The minimum Gasteiger partial charge on any atom is -0.496 e. The maximum atomic E-state index is 12.7. The molecule has 22 heavy (non-hydrogen) atoms. The van der Waals surface area contributed by atoms with Crippen LogP contribution in [0.3, 0.4) is 0 Å². The summed E-state index contributed by atoms with van der Waals surface area (Å²) in [5.74, 6) is -0.359. The van der Waals surface area contributed by atoms with Crippen LogP contribution in [0.4, 0.5) is 0 Å². The van der Waals surface area contributed by atoms with Crippen molar-refractivity contribution in [2.75, 3.05) is 33.9 Å². The van der Waals surface area contributed by atoms with Gasteiger partial charge in [-0.25, -0.2) is 13.2 Å². The number of carbonyl (C=O) groups excluding carboxylic acids is 1. The molecule has 1 N–H and O–H groups in total. The molecule has 0 saturated carbocycles. The van der Waals surface area contributed by atoms with E-state index in [-0.39, 0.29) is 22.3 Å². The third-order valence-corrected chi connectivity index (χ3v) is 5.41. The molecule has 1 unspecified atom stereocenters. The number of nitrogens with zero attached hydrogens (tertiary/aromatic N) is 1. The molecule has 2 rings (SSSR count). The van der Waals surface area contributed by atoms with Crippen LogP contribution in [-0.2, 0) is 14.8 Å². The van der Waals surface area contributed by atoms with Crippen LogP contribution in [0.2, 0.25) is 0 Å². The van der Waals surface area contributed by atoms with Gasteiger partial charge in [0.15, 0.2) is 0 Å². The van der Waals surface area contributed by atoms with Crippen molar-refractivity contribution in [1.29, 1.82) is 0 Å². The van der Waals surface area contributed by atoms with E-state index in [0.29, 0.717) is 19.6 Å². The van der Waals surface area contributed by atoms with Gasteiger partial charge in [-0.15, -0.1) is 0 Å². The number of benzene rings is 1. The molecule has 1 saturated heterocycles. The molecule has 1 heterocycles. The highest BCUT2D eigenvalue weighted by Gasteiger charge is 2.29. The van der Waals surface area contributed by atoms with Crippen LogP contribution < -0.4 is 10.1 Å². The monoisotopic (exact) mass is 328 g/mol. The lowest BCUT2D eigenvalue weighted by Crippen LogP contribution is -2.51. The van der Waals surface area contributed by atoms with Gasteiger partial charge in [-0.1, -0.05) is 0 Å². The number of piperazine rings is 1. The highest BCUT2D eigenvalue weighted by atomic mass is 32.2. The van der Waals surface area contributed by atoms with Gasteiger partial charge in [0, 0.05) is 25.7 Å². The number of hydrogen-bond acceptors (Lipinski definition) is 6. The highest BCUT2D eigenvalue weighted by molar-refractivity contribution is 7.89. The lowest BCUT2D eigenvalue weighted by Gasteiger charge is -2.31. The highest BCUT2D eigenvalue weighted by Crippen LogP contribution is 2.25. The average molecular weight is 328 g/mol. The van der Waals surface area contributed by atoms with E-state index in [4.69, 9.17) is 4.74 Å². The quantitative estimate of drug-likeness (QED) is 0.809. The molecule has 0 amide bonds. The first kappa shape index (κ1) is 16.7. The Hall–Kier alpha value is -1.64. The first-order valence-corrected chi connectivity index (χ1v) is 8.34. The Kier molecular flexibility index (Phi) is 5.05.